The van der Waals surface area contributed by atoms with E-state index in [4.69, 9.17) is 4.74 Å². The standard InChI is InChI=1S/C14H30N2O2/c1-8-18-13(17)14(5,15-6)10-16(7)12(4)9-11(2)3/h11-12,15H,8-10H2,1-7H3. The average molecular weight is 258 g/mol. The van der Waals surface area contributed by atoms with Crippen LogP contribution >= 0.6 is 0 Å². The fraction of sp³-hybridized carbons (Fsp3) is 0.929. The molecule has 2 atom stereocenters. The van der Waals surface area contributed by atoms with Crippen molar-refractivity contribution in [3.8, 4) is 0 Å². The fourth-order valence-electron chi connectivity index (χ4n) is 2.05. The van der Waals surface area contributed by atoms with Crippen molar-refractivity contribution in [3.63, 3.8) is 0 Å². The molecule has 0 aliphatic heterocycles. The summed E-state index contributed by atoms with van der Waals surface area (Å²) < 4.78 is 5.13. The molecule has 0 amide bonds. The zero-order valence-electron chi connectivity index (χ0n) is 13.0. The maximum absolute atomic E-state index is 12.0. The number of likely N-dealkylation sites (N-methyl/N-ethyl adjacent to an activating group) is 2. The molecule has 0 saturated carbocycles. The number of esters is 1. The second-order valence-electron chi connectivity index (χ2n) is 5.70. The molecule has 0 spiro atoms. The highest BCUT2D eigenvalue weighted by Gasteiger charge is 2.35. The monoisotopic (exact) mass is 258 g/mol. The van der Waals surface area contributed by atoms with Crippen LogP contribution in [-0.2, 0) is 9.53 Å². The molecule has 0 fully saturated rings. The molecule has 4 heteroatoms. The second kappa shape index (κ2) is 7.74. The van der Waals surface area contributed by atoms with Crippen LogP contribution in [0.1, 0.15) is 41.0 Å². The normalized spacial score (nSPS) is 16.7. The van der Waals surface area contributed by atoms with Gasteiger partial charge in [0.05, 0.1) is 6.61 Å². The molecule has 0 aliphatic rings. The van der Waals surface area contributed by atoms with E-state index in [1.807, 2.05) is 13.8 Å². The molecule has 0 heterocycles. The van der Waals surface area contributed by atoms with E-state index in [1.54, 1.807) is 7.05 Å². The summed E-state index contributed by atoms with van der Waals surface area (Å²) in [7, 11) is 3.86. The van der Waals surface area contributed by atoms with Gasteiger partial charge in [-0.15, -0.1) is 0 Å². The molecule has 1 N–H and O–H groups in total. The lowest BCUT2D eigenvalue weighted by molar-refractivity contribution is -0.151. The Labute approximate surface area is 112 Å². The summed E-state index contributed by atoms with van der Waals surface area (Å²) >= 11 is 0. The first-order chi connectivity index (χ1) is 8.26. The van der Waals surface area contributed by atoms with E-state index in [2.05, 4.69) is 38.0 Å². The summed E-state index contributed by atoms with van der Waals surface area (Å²) in [5.41, 5.74) is -0.643. The Morgan fingerprint density at radius 1 is 1.39 bits per heavy atom. The van der Waals surface area contributed by atoms with Crippen molar-refractivity contribution in [3.05, 3.63) is 0 Å². The summed E-state index contributed by atoms with van der Waals surface area (Å²) in [6.07, 6.45) is 1.12. The number of hydrogen-bond acceptors (Lipinski definition) is 4. The average Bonchev–Trinajstić information content (AvgIpc) is 2.28. The van der Waals surface area contributed by atoms with Crippen LogP contribution in [0.15, 0.2) is 0 Å². The van der Waals surface area contributed by atoms with Gasteiger partial charge in [-0.2, -0.15) is 0 Å². The van der Waals surface area contributed by atoms with Crippen molar-refractivity contribution in [2.75, 3.05) is 27.2 Å². The maximum atomic E-state index is 12.0. The number of ether oxygens (including phenoxy) is 1. The molecular weight excluding hydrogens is 228 g/mol. The van der Waals surface area contributed by atoms with E-state index < -0.39 is 5.54 Å². The van der Waals surface area contributed by atoms with E-state index in [0.717, 1.165) is 6.42 Å². The van der Waals surface area contributed by atoms with Gasteiger partial charge >= 0.3 is 5.97 Å². The quantitative estimate of drug-likeness (QED) is 0.675. The van der Waals surface area contributed by atoms with Crippen molar-refractivity contribution >= 4 is 5.97 Å². The van der Waals surface area contributed by atoms with Gasteiger partial charge in [0.2, 0.25) is 0 Å². The van der Waals surface area contributed by atoms with Crippen LogP contribution < -0.4 is 5.32 Å². The molecule has 0 aromatic carbocycles. The fourth-order valence-corrected chi connectivity index (χ4v) is 2.05. The number of carbonyl (C=O) groups is 1. The molecular formula is C14H30N2O2. The number of rotatable bonds is 8. The molecule has 2 unspecified atom stereocenters. The third-order valence-corrected chi connectivity index (χ3v) is 3.41. The smallest absolute Gasteiger partial charge is 0.327 e. The molecule has 0 aliphatic carbocycles. The summed E-state index contributed by atoms with van der Waals surface area (Å²) in [5, 5.41) is 3.09. The summed E-state index contributed by atoms with van der Waals surface area (Å²) in [6, 6.07) is 0.451. The SMILES string of the molecule is CCOC(=O)C(C)(CN(C)C(C)CC(C)C)NC. The van der Waals surface area contributed by atoms with E-state index >= 15 is 0 Å². The van der Waals surface area contributed by atoms with Crippen LogP contribution in [0.25, 0.3) is 0 Å². The van der Waals surface area contributed by atoms with Gasteiger partial charge in [-0.05, 0) is 47.2 Å². The van der Waals surface area contributed by atoms with Gasteiger partial charge in [-0.3, -0.25) is 4.79 Å². The lowest BCUT2D eigenvalue weighted by atomic mass is 9.99. The maximum Gasteiger partial charge on any atom is 0.327 e. The van der Waals surface area contributed by atoms with Gasteiger partial charge in [0.1, 0.15) is 5.54 Å². The number of nitrogens with one attached hydrogen (secondary N) is 1. The van der Waals surface area contributed by atoms with Gasteiger partial charge in [0, 0.05) is 12.6 Å². The largest absolute Gasteiger partial charge is 0.465 e. The topological polar surface area (TPSA) is 41.6 Å². The zero-order chi connectivity index (χ0) is 14.3. The Kier molecular flexibility index (Phi) is 7.48. The Balaban J connectivity index is 4.55. The minimum Gasteiger partial charge on any atom is -0.465 e. The third kappa shape index (κ3) is 5.36. The number of carbonyl (C=O) groups excluding carboxylic acids is 1. The van der Waals surface area contributed by atoms with Gasteiger partial charge < -0.3 is 15.0 Å². The first kappa shape index (κ1) is 17.4. The highest BCUT2D eigenvalue weighted by atomic mass is 16.5. The summed E-state index contributed by atoms with van der Waals surface area (Å²) in [4.78, 5) is 14.2. The summed E-state index contributed by atoms with van der Waals surface area (Å²) in [5.74, 6) is 0.474. The van der Waals surface area contributed by atoms with Crippen LogP contribution in [0.5, 0.6) is 0 Å². The minimum absolute atomic E-state index is 0.184. The first-order valence-electron chi connectivity index (χ1n) is 6.83. The highest BCUT2D eigenvalue weighted by molar-refractivity contribution is 5.80. The molecule has 4 nitrogen and oxygen atoms in total. The van der Waals surface area contributed by atoms with Crippen molar-refractivity contribution in [1.82, 2.24) is 10.2 Å². The summed E-state index contributed by atoms with van der Waals surface area (Å²) in [6.45, 7) is 11.4. The Bertz CT molecular complexity index is 256. The zero-order valence-corrected chi connectivity index (χ0v) is 13.0. The van der Waals surface area contributed by atoms with E-state index in [9.17, 15) is 4.79 Å². The lowest BCUT2D eigenvalue weighted by Crippen LogP contribution is -2.57. The predicted octanol–water partition coefficient (Wildman–Crippen LogP) is 1.89. The molecule has 0 aromatic rings. The van der Waals surface area contributed by atoms with Gasteiger partial charge in [0.25, 0.3) is 0 Å². The first-order valence-corrected chi connectivity index (χ1v) is 6.83. The van der Waals surface area contributed by atoms with Gasteiger partial charge in [-0.1, -0.05) is 13.8 Å². The Morgan fingerprint density at radius 3 is 2.33 bits per heavy atom. The van der Waals surface area contributed by atoms with E-state index in [0.29, 0.717) is 25.1 Å². The molecule has 0 radical (unpaired) electrons. The molecule has 18 heavy (non-hydrogen) atoms. The van der Waals surface area contributed by atoms with Gasteiger partial charge in [0.15, 0.2) is 0 Å². The Morgan fingerprint density at radius 2 is 1.94 bits per heavy atom. The Hall–Kier alpha value is -0.610. The van der Waals surface area contributed by atoms with Crippen LogP contribution in [0.4, 0.5) is 0 Å². The second-order valence-corrected chi connectivity index (χ2v) is 5.70. The molecule has 108 valence electrons. The highest BCUT2D eigenvalue weighted by Crippen LogP contribution is 2.14. The van der Waals surface area contributed by atoms with Crippen molar-refractivity contribution in [1.29, 1.82) is 0 Å². The van der Waals surface area contributed by atoms with E-state index in [-0.39, 0.29) is 5.97 Å². The number of hydrogen-bond donors (Lipinski definition) is 1. The van der Waals surface area contributed by atoms with Crippen LogP contribution in [0, 0.1) is 5.92 Å². The minimum atomic E-state index is -0.643. The van der Waals surface area contributed by atoms with Crippen molar-refractivity contribution in [2.24, 2.45) is 5.92 Å². The van der Waals surface area contributed by atoms with Crippen LogP contribution in [0.2, 0.25) is 0 Å². The predicted molar refractivity (Wildman–Crippen MR) is 75.6 cm³/mol. The molecule has 0 saturated heterocycles. The number of nitrogens with zero attached hydrogens (tertiary/aromatic N) is 1. The van der Waals surface area contributed by atoms with Crippen molar-refractivity contribution < 1.29 is 9.53 Å². The molecule has 0 aromatic heterocycles. The van der Waals surface area contributed by atoms with E-state index in [1.165, 1.54) is 0 Å². The lowest BCUT2D eigenvalue weighted by Gasteiger charge is -2.35. The van der Waals surface area contributed by atoms with Crippen molar-refractivity contribution in [2.45, 2.75) is 52.6 Å². The molecule has 0 rings (SSSR count). The third-order valence-electron chi connectivity index (χ3n) is 3.41. The molecule has 0 bridgehead atoms. The van der Waals surface area contributed by atoms with Crippen LogP contribution in [0.3, 0.4) is 0 Å². The van der Waals surface area contributed by atoms with Gasteiger partial charge in [-0.25, -0.2) is 0 Å². The van der Waals surface area contributed by atoms with Crippen LogP contribution in [-0.4, -0.2) is 49.7 Å².